The van der Waals surface area contributed by atoms with Gasteiger partial charge in [0.05, 0.1) is 11.6 Å². The normalized spacial score (nSPS) is 25.0. The van der Waals surface area contributed by atoms with E-state index in [9.17, 15) is 0 Å². The molecule has 2 atom stereocenters. The summed E-state index contributed by atoms with van der Waals surface area (Å²) < 4.78 is 5.78. The summed E-state index contributed by atoms with van der Waals surface area (Å²) in [5.41, 5.74) is 2.23. The topological polar surface area (TPSA) is 22.1 Å². The molecule has 3 heteroatoms. The van der Waals surface area contributed by atoms with E-state index >= 15 is 0 Å². The summed E-state index contributed by atoms with van der Waals surface area (Å²) in [5.74, 6) is 0. The SMILES string of the molecule is ClC1CCOC(c2ccc3ncccc3c2)C1. The van der Waals surface area contributed by atoms with Crippen LogP contribution < -0.4 is 0 Å². The smallest absolute Gasteiger partial charge is 0.0839 e. The minimum atomic E-state index is 0.135. The van der Waals surface area contributed by atoms with Crippen LogP contribution in [-0.4, -0.2) is 17.0 Å². The van der Waals surface area contributed by atoms with Crippen molar-refractivity contribution in [2.24, 2.45) is 0 Å². The summed E-state index contributed by atoms with van der Waals surface area (Å²) in [4.78, 5) is 4.32. The maximum atomic E-state index is 6.19. The van der Waals surface area contributed by atoms with Crippen LogP contribution in [0.5, 0.6) is 0 Å². The summed E-state index contributed by atoms with van der Waals surface area (Å²) in [6.07, 6.45) is 3.80. The molecule has 1 aromatic heterocycles. The highest BCUT2D eigenvalue weighted by Crippen LogP contribution is 2.31. The molecule has 2 aromatic rings. The first-order valence-corrected chi connectivity index (χ1v) is 6.37. The minimum absolute atomic E-state index is 0.135. The first kappa shape index (κ1) is 11.0. The van der Waals surface area contributed by atoms with Gasteiger partial charge in [-0.2, -0.15) is 0 Å². The van der Waals surface area contributed by atoms with Crippen LogP contribution in [0.25, 0.3) is 10.9 Å². The number of hydrogen-bond donors (Lipinski definition) is 0. The van der Waals surface area contributed by atoms with Gasteiger partial charge < -0.3 is 4.74 Å². The van der Waals surface area contributed by atoms with E-state index in [2.05, 4.69) is 23.2 Å². The van der Waals surface area contributed by atoms with Gasteiger partial charge in [0.1, 0.15) is 0 Å². The van der Waals surface area contributed by atoms with Crippen molar-refractivity contribution in [2.75, 3.05) is 6.61 Å². The fourth-order valence-electron chi connectivity index (χ4n) is 2.28. The number of pyridine rings is 1. The van der Waals surface area contributed by atoms with Crippen LogP contribution in [-0.2, 0) is 4.74 Å². The molecule has 0 radical (unpaired) electrons. The molecule has 1 fully saturated rings. The second-order valence-corrected chi connectivity index (χ2v) is 5.05. The van der Waals surface area contributed by atoms with Crippen LogP contribution in [0.1, 0.15) is 24.5 Å². The lowest BCUT2D eigenvalue weighted by Gasteiger charge is -2.26. The van der Waals surface area contributed by atoms with E-state index in [-0.39, 0.29) is 11.5 Å². The molecule has 2 heterocycles. The summed E-state index contributed by atoms with van der Waals surface area (Å²) in [6, 6.07) is 10.3. The van der Waals surface area contributed by atoms with E-state index in [1.54, 1.807) is 0 Å². The predicted molar refractivity (Wildman–Crippen MR) is 69.3 cm³/mol. The summed E-state index contributed by atoms with van der Waals surface area (Å²) in [7, 11) is 0. The molecule has 2 nitrogen and oxygen atoms in total. The van der Waals surface area contributed by atoms with Crippen molar-refractivity contribution >= 4 is 22.5 Å². The number of alkyl halides is 1. The van der Waals surface area contributed by atoms with Crippen LogP contribution in [0.4, 0.5) is 0 Å². The fourth-order valence-corrected chi connectivity index (χ4v) is 2.53. The third-order valence-electron chi connectivity index (χ3n) is 3.22. The van der Waals surface area contributed by atoms with Crippen LogP contribution in [0.2, 0.25) is 0 Å². The highest BCUT2D eigenvalue weighted by molar-refractivity contribution is 6.20. The third-order valence-corrected chi connectivity index (χ3v) is 3.62. The summed E-state index contributed by atoms with van der Waals surface area (Å²) in [6.45, 7) is 0.754. The van der Waals surface area contributed by atoms with E-state index in [0.717, 1.165) is 30.4 Å². The van der Waals surface area contributed by atoms with Crippen molar-refractivity contribution in [3.05, 3.63) is 42.1 Å². The molecule has 0 N–H and O–H groups in total. The molecule has 1 aromatic carbocycles. The number of halogens is 1. The monoisotopic (exact) mass is 247 g/mol. The highest BCUT2D eigenvalue weighted by Gasteiger charge is 2.22. The van der Waals surface area contributed by atoms with Gasteiger partial charge in [0.2, 0.25) is 0 Å². The van der Waals surface area contributed by atoms with Gasteiger partial charge in [-0.15, -0.1) is 11.6 Å². The molecule has 0 amide bonds. The zero-order valence-electron chi connectivity index (χ0n) is 9.47. The van der Waals surface area contributed by atoms with Gasteiger partial charge in [-0.3, -0.25) is 4.98 Å². The average Bonchev–Trinajstić information content (AvgIpc) is 2.38. The van der Waals surface area contributed by atoms with Crippen molar-refractivity contribution in [2.45, 2.75) is 24.3 Å². The van der Waals surface area contributed by atoms with Crippen LogP contribution in [0.3, 0.4) is 0 Å². The Balaban J connectivity index is 1.94. The van der Waals surface area contributed by atoms with Gasteiger partial charge in [0.25, 0.3) is 0 Å². The number of hydrogen-bond acceptors (Lipinski definition) is 2. The third kappa shape index (κ3) is 2.28. The Morgan fingerprint density at radius 3 is 3.12 bits per heavy atom. The van der Waals surface area contributed by atoms with E-state index < -0.39 is 0 Å². The molecule has 17 heavy (non-hydrogen) atoms. The first-order chi connectivity index (χ1) is 8.33. The number of benzene rings is 1. The molecular weight excluding hydrogens is 234 g/mol. The molecule has 0 bridgehead atoms. The number of ether oxygens (including phenoxy) is 1. The molecule has 3 rings (SSSR count). The second kappa shape index (κ2) is 4.63. The Bertz CT molecular complexity index is 528. The molecule has 88 valence electrons. The van der Waals surface area contributed by atoms with Gasteiger partial charge in [0.15, 0.2) is 0 Å². The minimum Gasteiger partial charge on any atom is -0.373 e. The zero-order chi connectivity index (χ0) is 11.7. The van der Waals surface area contributed by atoms with Gasteiger partial charge >= 0.3 is 0 Å². The maximum Gasteiger partial charge on any atom is 0.0839 e. The summed E-state index contributed by atoms with van der Waals surface area (Å²) in [5, 5.41) is 1.39. The Morgan fingerprint density at radius 2 is 2.24 bits per heavy atom. The molecule has 1 aliphatic rings. The Hall–Kier alpha value is -1.12. The fraction of sp³-hybridized carbons (Fsp3) is 0.357. The lowest BCUT2D eigenvalue weighted by molar-refractivity contribution is 0.0169. The zero-order valence-corrected chi connectivity index (χ0v) is 10.2. The molecule has 0 spiro atoms. The molecule has 1 aliphatic heterocycles. The number of nitrogens with zero attached hydrogens (tertiary/aromatic N) is 1. The van der Waals surface area contributed by atoms with Gasteiger partial charge in [-0.1, -0.05) is 12.1 Å². The van der Waals surface area contributed by atoms with Gasteiger partial charge in [-0.05, 0) is 36.6 Å². The van der Waals surface area contributed by atoms with E-state index in [4.69, 9.17) is 16.3 Å². The van der Waals surface area contributed by atoms with Crippen LogP contribution >= 0.6 is 11.6 Å². The number of rotatable bonds is 1. The van der Waals surface area contributed by atoms with Crippen LogP contribution in [0, 0.1) is 0 Å². The molecule has 2 unspecified atom stereocenters. The van der Waals surface area contributed by atoms with Crippen molar-refractivity contribution in [1.29, 1.82) is 0 Å². The quantitative estimate of drug-likeness (QED) is 0.717. The van der Waals surface area contributed by atoms with E-state index in [0.29, 0.717) is 0 Å². The van der Waals surface area contributed by atoms with Gasteiger partial charge in [0, 0.05) is 23.6 Å². The molecule has 0 saturated carbocycles. The van der Waals surface area contributed by atoms with Gasteiger partial charge in [-0.25, -0.2) is 0 Å². The second-order valence-electron chi connectivity index (χ2n) is 4.44. The number of aromatic nitrogens is 1. The van der Waals surface area contributed by atoms with E-state index in [1.165, 1.54) is 5.56 Å². The van der Waals surface area contributed by atoms with E-state index in [1.807, 2.05) is 18.3 Å². The lowest BCUT2D eigenvalue weighted by Crippen LogP contribution is -2.19. The van der Waals surface area contributed by atoms with Crippen molar-refractivity contribution < 1.29 is 4.74 Å². The van der Waals surface area contributed by atoms with Crippen molar-refractivity contribution in [1.82, 2.24) is 4.98 Å². The molecule has 1 saturated heterocycles. The van der Waals surface area contributed by atoms with Crippen LogP contribution in [0.15, 0.2) is 36.5 Å². The Labute approximate surface area is 106 Å². The average molecular weight is 248 g/mol. The van der Waals surface area contributed by atoms with Crippen molar-refractivity contribution in [3.63, 3.8) is 0 Å². The standard InChI is InChI=1S/C14H14ClNO/c15-12-5-7-17-14(9-12)11-3-4-13-10(8-11)2-1-6-16-13/h1-4,6,8,12,14H,5,7,9H2. The molecular formula is C14H14ClNO. The Kier molecular flexibility index (Phi) is 3.00. The largest absolute Gasteiger partial charge is 0.373 e. The predicted octanol–water partition coefficient (Wildman–Crippen LogP) is 3.69. The van der Waals surface area contributed by atoms with Crippen molar-refractivity contribution in [3.8, 4) is 0 Å². The summed E-state index contributed by atoms with van der Waals surface area (Å²) >= 11 is 6.19. The maximum absolute atomic E-state index is 6.19. The molecule has 0 aliphatic carbocycles. The number of fused-ring (bicyclic) bond motifs is 1. The Morgan fingerprint density at radius 1 is 1.29 bits per heavy atom. The lowest BCUT2D eigenvalue weighted by atomic mass is 9.99. The highest BCUT2D eigenvalue weighted by atomic mass is 35.5. The first-order valence-electron chi connectivity index (χ1n) is 5.93.